The molecule has 0 aliphatic carbocycles. The molecule has 2 aromatic heterocycles. The smallest absolute Gasteiger partial charge is 0.340 e. The van der Waals surface area contributed by atoms with Gasteiger partial charge in [-0.3, -0.25) is 9.78 Å². The van der Waals surface area contributed by atoms with Crippen LogP contribution in [0.15, 0.2) is 51.3 Å². The van der Waals surface area contributed by atoms with E-state index in [-0.39, 0.29) is 35.3 Å². The molecule has 3 N–H and O–H groups in total. The highest BCUT2D eigenvalue weighted by Gasteiger charge is 2.39. The number of aromatic nitrogens is 1. The number of nitrogens with zero attached hydrogens (tertiary/aromatic N) is 1. The molecule has 25 heavy (non-hydrogen) atoms. The number of carbonyl (C=O) groups is 1. The number of fused-ring (bicyclic) bond motifs is 1. The Kier molecular flexibility index (Phi) is 4.53. The molecule has 0 saturated carbocycles. The zero-order valence-corrected chi connectivity index (χ0v) is 13.4. The second-order valence-corrected chi connectivity index (χ2v) is 5.24. The van der Waals surface area contributed by atoms with Crippen molar-refractivity contribution in [3.05, 3.63) is 69.4 Å². The Bertz CT molecular complexity index is 888. The molecule has 0 unspecified atom stereocenters. The van der Waals surface area contributed by atoms with E-state index in [2.05, 4.69) is 4.98 Å². The van der Waals surface area contributed by atoms with Gasteiger partial charge in [-0.2, -0.15) is 0 Å². The number of aliphatic hydroxyl groups excluding tert-OH is 1. The normalized spacial score (nSPS) is 16.2. The number of nitrogens with two attached hydrogens (primary N) is 1. The molecule has 0 amide bonds. The van der Waals surface area contributed by atoms with Gasteiger partial charge in [-0.05, 0) is 24.6 Å². The van der Waals surface area contributed by atoms with Crippen molar-refractivity contribution in [2.45, 2.75) is 19.4 Å². The molecule has 1 aliphatic rings. The maximum absolute atomic E-state index is 12.4. The van der Waals surface area contributed by atoms with Gasteiger partial charge in [0.2, 0.25) is 17.1 Å². The van der Waals surface area contributed by atoms with Crippen molar-refractivity contribution in [2.75, 3.05) is 6.61 Å². The predicted molar refractivity (Wildman–Crippen MR) is 85.5 cm³/mol. The molecule has 2 aromatic rings. The van der Waals surface area contributed by atoms with Gasteiger partial charge in [-0.1, -0.05) is 0 Å². The fraction of sp³-hybridized carbons (Fsp3) is 0.235. The summed E-state index contributed by atoms with van der Waals surface area (Å²) >= 11 is 0. The van der Waals surface area contributed by atoms with Crippen molar-refractivity contribution in [2.24, 2.45) is 5.73 Å². The maximum Gasteiger partial charge on any atom is 0.340 e. The number of rotatable bonds is 4. The summed E-state index contributed by atoms with van der Waals surface area (Å²) in [6, 6.07) is 4.45. The highest BCUT2D eigenvalue weighted by atomic mass is 16.5. The average Bonchev–Trinajstić information content (AvgIpc) is 2.62. The minimum absolute atomic E-state index is 0.0267. The van der Waals surface area contributed by atoms with Gasteiger partial charge in [-0.15, -0.1) is 0 Å². The predicted octanol–water partition coefficient (Wildman–Crippen LogP) is 0.785. The number of pyridine rings is 1. The van der Waals surface area contributed by atoms with Gasteiger partial charge in [0.15, 0.2) is 5.76 Å². The number of hydrogen-bond acceptors (Lipinski definition) is 8. The number of carbonyl (C=O) groups excluding carboxylic acids is 1. The summed E-state index contributed by atoms with van der Waals surface area (Å²) in [5.41, 5.74) is 6.04. The van der Waals surface area contributed by atoms with Crippen molar-refractivity contribution in [3.63, 3.8) is 0 Å². The Morgan fingerprint density at radius 1 is 1.40 bits per heavy atom. The Hall–Kier alpha value is -3.13. The second kappa shape index (κ2) is 6.78. The molecule has 0 spiro atoms. The third kappa shape index (κ3) is 2.99. The number of aliphatic hydroxyl groups is 1. The molecule has 0 saturated heterocycles. The first kappa shape index (κ1) is 16.7. The largest absolute Gasteiger partial charge is 0.462 e. The zero-order chi connectivity index (χ0) is 18.0. The van der Waals surface area contributed by atoms with E-state index < -0.39 is 23.9 Å². The molecule has 0 fully saturated rings. The molecule has 0 bridgehead atoms. The van der Waals surface area contributed by atoms with Crippen LogP contribution in [0.3, 0.4) is 0 Å². The molecule has 8 heteroatoms. The summed E-state index contributed by atoms with van der Waals surface area (Å²) in [6.45, 7) is 1.34. The molecule has 8 nitrogen and oxygen atoms in total. The second-order valence-electron chi connectivity index (χ2n) is 5.24. The molecular weight excluding hydrogens is 328 g/mol. The fourth-order valence-electron chi connectivity index (χ4n) is 2.66. The Balaban J connectivity index is 2.26. The van der Waals surface area contributed by atoms with Crippen molar-refractivity contribution >= 4 is 5.97 Å². The van der Waals surface area contributed by atoms with Crippen LogP contribution in [0.5, 0.6) is 5.75 Å². The van der Waals surface area contributed by atoms with Crippen molar-refractivity contribution in [3.8, 4) is 5.75 Å². The Morgan fingerprint density at radius 2 is 2.12 bits per heavy atom. The fourth-order valence-corrected chi connectivity index (χ4v) is 2.66. The number of esters is 1. The molecule has 1 aliphatic heterocycles. The number of hydrogen-bond donors (Lipinski definition) is 2. The summed E-state index contributed by atoms with van der Waals surface area (Å²) in [4.78, 5) is 28.6. The summed E-state index contributed by atoms with van der Waals surface area (Å²) in [5, 5.41) is 9.32. The van der Waals surface area contributed by atoms with E-state index >= 15 is 0 Å². The van der Waals surface area contributed by atoms with E-state index in [1.807, 2.05) is 0 Å². The minimum atomic E-state index is -0.815. The first-order valence-corrected chi connectivity index (χ1v) is 7.59. The van der Waals surface area contributed by atoms with Gasteiger partial charge in [-0.25, -0.2) is 4.79 Å². The van der Waals surface area contributed by atoms with E-state index in [4.69, 9.17) is 19.6 Å². The zero-order valence-electron chi connectivity index (χ0n) is 13.4. The molecule has 1 atom stereocenters. The van der Waals surface area contributed by atoms with Gasteiger partial charge in [0.25, 0.3) is 0 Å². The lowest BCUT2D eigenvalue weighted by Crippen LogP contribution is -2.30. The van der Waals surface area contributed by atoms with Crippen molar-refractivity contribution in [1.29, 1.82) is 0 Å². The van der Waals surface area contributed by atoms with Crippen LogP contribution >= 0.6 is 0 Å². The Labute approximate surface area is 142 Å². The van der Waals surface area contributed by atoms with Crippen molar-refractivity contribution in [1.82, 2.24) is 4.98 Å². The van der Waals surface area contributed by atoms with Gasteiger partial charge in [0.1, 0.15) is 17.9 Å². The molecule has 0 aromatic carbocycles. The minimum Gasteiger partial charge on any atom is -0.462 e. The third-order valence-electron chi connectivity index (χ3n) is 3.70. The van der Waals surface area contributed by atoms with Gasteiger partial charge in [0, 0.05) is 18.5 Å². The standard InChI is InChI=1S/C17H16N2O6/c1-2-23-17(22)13-12(9-3-5-19-6-4-9)15-14(25-16(13)18)11(21)7-10(8-20)24-15/h3-7,12,20H,2,8,18H2,1H3/t12-/m1/s1. The van der Waals surface area contributed by atoms with Crippen LogP contribution in [0.2, 0.25) is 0 Å². The summed E-state index contributed by atoms with van der Waals surface area (Å²) < 4.78 is 16.0. The SMILES string of the molecule is CCOC(=O)C1=C(N)Oc2c(oc(CO)cc2=O)[C@@H]1c1ccncc1. The highest BCUT2D eigenvalue weighted by molar-refractivity contribution is 5.92. The van der Waals surface area contributed by atoms with Gasteiger partial charge in [0.05, 0.1) is 12.5 Å². The highest BCUT2D eigenvalue weighted by Crippen LogP contribution is 2.41. The first-order chi connectivity index (χ1) is 12.1. The van der Waals surface area contributed by atoms with Crippen LogP contribution < -0.4 is 15.9 Å². The van der Waals surface area contributed by atoms with E-state index in [9.17, 15) is 14.7 Å². The van der Waals surface area contributed by atoms with Crippen LogP contribution in [-0.4, -0.2) is 22.7 Å². The monoisotopic (exact) mass is 344 g/mol. The van der Waals surface area contributed by atoms with E-state index in [1.165, 1.54) is 12.4 Å². The summed E-state index contributed by atoms with van der Waals surface area (Å²) in [7, 11) is 0. The third-order valence-corrected chi connectivity index (χ3v) is 3.70. The van der Waals surface area contributed by atoms with E-state index in [1.54, 1.807) is 19.1 Å². The molecule has 130 valence electrons. The maximum atomic E-state index is 12.4. The molecular formula is C17H16N2O6. The van der Waals surface area contributed by atoms with Crippen LogP contribution in [0.4, 0.5) is 0 Å². The molecule has 0 radical (unpaired) electrons. The van der Waals surface area contributed by atoms with E-state index in [0.717, 1.165) is 6.07 Å². The quantitative estimate of drug-likeness (QED) is 0.780. The van der Waals surface area contributed by atoms with E-state index in [0.29, 0.717) is 5.56 Å². The van der Waals surface area contributed by atoms with Gasteiger partial charge >= 0.3 is 5.97 Å². The van der Waals surface area contributed by atoms with Crippen molar-refractivity contribution < 1.29 is 23.8 Å². The number of ether oxygens (including phenoxy) is 2. The van der Waals surface area contributed by atoms with Crippen LogP contribution in [0.1, 0.15) is 29.9 Å². The average molecular weight is 344 g/mol. The summed E-state index contributed by atoms with van der Waals surface area (Å²) in [6.07, 6.45) is 3.08. The molecule has 3 rings (SSSR count). The van der Waals surface area contributed by atoms with Crippen LogP contribution in [0, 0.1) is 0 Å². The lowest BCUT2D eigenvalue weighted by molar-refractivity contribution is -0.139. The summed E-state index contributed by atoms with van der Waals surface area (Å²) in [5.74, 6) is -1.70. The lowest BCUT2D eigenvalue weighted by Gasteiger charge is -2.26. The van der Waals surface area contributed by atoms with Crippen LogP contribution in [0.25, 0.3) is 0 Å². The lowest BCUT2D eigenvalue weighted by atomic mass is 9.87. The molecule has 3 heterocycles. The first-order valence-electron chi connectivity index (χ1n) is 7.59. The van der Waals surface area contributed by atoms with Crippen LogP contribution in [-0.2, 0) is 16.1 Å². The topological polar surface area (TPSA) is 125 Å². The Morgan fingerprint density at radius 3 is 2.76 bits per heavy atom. The van der Waals surface area contributed by atoms with Gasteiger partial charge < -0.3 is 24.7 Å².